The predicted octanol–water partition coefficient (Wildman–Crippen LogP) is 5.39. The Kier molecular flexibility index (Phi) is 13.7. The van der Waals surface area contributed by atoms with Gasteiger partial charge in [0.25, 0.3) is 0 Å². The van der Waals surface area contributed by atoms with Crippen molar-refractivity contribution in [3.63, 3.8) is 0 Å². The van der Waals surface area contributed by atoms with Crippen molar-refractivity contribution in [1.82, 2.24) is 0 Å². The van der Waals surface area contributed by atoms with Gasteiger partial charge in [-0.05, 0) is 25.7 Å². The lowest BCUT2D eigenvalue weighted by Gasteiger charge is -2.28. The summed E-state index contributed by atoms with van der Waals surface area (Å²) in [4.78, 5) is 11.0. The number of ether oxygens (including phenoxy) is 1. The summed E-state index contributed by atoms with van der Waals surface area (Å²) in [5.74, 6) is -0.100. The zero-order chi connectivity index (χ0) is 16.7. The van der Waals surface area contributed by atoms with Crippen LogP contribution in [0.5, 0.6) is 0 Å². The van der Waals surface area contributed by atoms with Crippen LogP contribution in [-0.2, 0) is 9.53 Å². The molecule has 0 saturated heterocycles. The monoisotopic (exact) mass is 314 g/mol. The van der Waals surface area contributed by atoms with Crippen molar-refractivity contribution in [2.24, 2.45) is 0 Å². The third-order valence-electron chi connectivity index (χ3n) is 4.49. The van der Waals surface area contributed by atoms with Crippen molar-refractivity contribution >= 4 is 5.97 Å². The van der Waals surface area contributed by atoms with E-state index in [1.165, 1.54) is 26.4 Å². The highest BCUT2D eigenvalue weighted by Gasteiger charge is 2.24. The van der Waals surface area contributed by atoms with Gasteiger partial charge in [-0.25, -0.2) is 0 Å². The maximum absolute atomic E-state index is 11.0. The van der Waals surface area contributed by atoms with Gasteiger partial charge >= 0.3 is 5.97 Å². The smallest absolute Gasteiger partial charge is 0.305 e. The van der Waals surface area contributed by atoms with Crippen LogP contribution in [0.2, 0.25) is 0 Å². The van der Waals surface area contributed by atoms with Crippen molar-refractivity contribution in [2.45, 2.75) is 109 Å². The van der Waals surface area contributed by atoms with Gasteiger partial charge in [0.05, 0.1) is 12.7 Å². The quantitative estimate of drug-likeness (QED) is 0.325. The van der Waals surface area contributed by atoms with E-state index in [2.05, 4.69) is 18.6 Å². The van der Waals surface area contributed by atoms with Crippen LogP contribution in [0.15, 0.2) is 0 Å². The molecule has 0 unspecified atom stereocenters. The third-order valence-corrected chi connectivity index (χ3v) is 4.49. The summed E-state index contributed by atoms with van der Waals surface area (Å²) >= 11 is 0. The Morgan fingerprint density at radius 1 is 0.818 bits per heavy atom. The van der Waals surface area contributed by atoms with E-state index in [0.717, 1.165) is 64.2 Å². The highest BCUT2D eigenvalue weighted by Crippen LogP contribution is 2.27. The van der Waals surface area contributed by atoms with E-state index in [4.69, 9.17) is 0 Å². The molecule has 0 aromatic heterocycles. The first-order valence-corrected chi connectivity index (χ1v) is 9.37. The molecule has 0 atom stereocenters. The zero-order valence-electron chi connectivity index (χ0n) is 15.2. The molecule has 0 amide bonds. The van der Waals surface area contributed by atoms with Crippen LogP contribution in [0.3, 0.4) is 0 Å². The van der Waals surface area contributed by atoms with Gasteiger partial charge in [-0.3, -0.25) is 4.79 Å². The minimum atomic E-state index is -0.420. The molecule has 0 aliphatic heterocycles. The second-order valence-corrected chi connectivity index (χ2v) is 6.63. The zero-order valence-corrected chi connectivity index (χ0v) is 15.2. The fourth-order valence-corrected chi connectivity index (χ4v) is 2.92. The molecule has 22 heavy (non-hydrogen) atoms. The van der Waals surface area contributed by atoms with E-state index in [9.17, 15) is 9.90 Å². The van der Waals surface area contributed by atoms with E-state index >= 15 is 0 Å². The molecule has 0 aliphatic rings. The number of methoxy groups -OCH3 is 1. The number of carbonyl (C=O) groups is 1. The Morgan fingerprint density at radius 3 is 1.77 bits per heavy atom. The molecule has 0 radical (unpaired) electrons. The molecule has 132 valence electrons. The van der Waals surface area contributed by atoms with E-state index < -0.39 is 5.60 Å². The van der Waals surface area contributed by atoms with Crippen LogP contribution >= 0.6 is 0 Å². The first kappa shape index (κ1) is 21.4. The Hall–Kier alpha value is -0.570. The number of rotatable bonds is 15. The molecule has 0 rings (SSSR count). The molecule has 0 spiro atoms. The average Bonchev–Trinajstić information content (AvgIpc) is 2.53. The summed E-state index contributed by atoms with van der Waals surface area (Å²) < 4.78 is 4.63. The molecule has 0 aromatic carbocycles. The largest absolute Gasteiger partial charge is 0.469 e. The van der Waals surface area contributed by atoms with E-state index in [1.807, 2.05) is 0 Å². The van der Waals surface area contributed by atoms with Crippen molar-refractivity contribution in [1.29, 1.82) is 0 Å². The lowest BCUT2D eigenvalue weighted by molar-refractivity contribution is -0.140. The van der Waals surface area contributed by atoms with E-state index in [0.29, 0.717) is 6.42 Å². The van der Waals surface area contributed by atoms with Gasteiger partial charge in [0.1, 0.15) is 0 Å². The highest BCUT2D eigenvalue weighted by atomic mass is 16.5. The summed E-state index contributed by atoms with van der Waals surface area (Å²) in [5, 5.41) is 10.8. The normalized spacial score (nSPS) is 11.6. The summed E-state index contributed by atoms with van der Waals surface area (Å²) in [6.45, 7) is 4.38. The molecular weight excluding hydrogens is 276 g/mol. The molecular formula is C19H38O3. The maximum Gasteiger partial charge on any atom is 0.305 e. The molecule has 1 N–H and O–H groups in total. The molecule has 3 nitrogen and oxygen atoms in total. The number of unbranched alkanes of at least 4 members (excludes halogenated alkanes) is 7. The summed E-state index contributed by atoms with van der Waals surface area (Å²) in [6.07, 6.45) is 14.8. The van der Waals surface area contributed by atoms with Crippen LogP contribution < -0.4 is 0 Å². The van der Waals surface area contributed by atoms with Gasteiger partial charge in [-0.15, -0.1) is 0 Å². The molecule has 0 heterocycles. The highest BCUT2D eigenvalue weighted by molar-refractivity contribution is 5.68. The number of hydrogen-bond acceptors (Lipinski definition) is 3. The first-order valence-electron chi connectivity index (χ1n) is 9.37. The fraction of sp³-hybridized carbons (Fsp3) is 0.947. The van der Waals surface area contributed by atoms with Gasteiger partial charge in [0, 0.05) is 6.42 Å². The van der Waals surface area contributed by atoms with Crippen molar-refractivity contribution in [2.75, 3.05) is 7.11 Å². The number of carbonyl (C=O) groups excluding carboxylic acids is 1. The van der Waals surface area contributed by atoms with E-state index in [-0.39, 0.29) is 5.97 Å². The fourth-order valence-electron chi connectivity index (χ4n) is 2.92. The van der Waals surface area contributed by atoms with Gasteiger partial charge in [0.15, 0.2) is 0 Å². The lowest BCUT2D eigenvalue weighted by Crippen LogP contribution is -2.28. The molecule has 0 fully saturated rings. The van der Waals surface area contributed by atoms with Crippen LogP contribution in [0, 0.1) is 0 Å². The van der Waals surface area contributed by atoms with Crippen molar-refractivity contribution in [3.05, 3.63) is 0 Å². The SMILES string of the molecule is CCCCC(O)(CCCC)CCCCCCCCC(=O)OC. The Labute approximate surface area is 137 Å². The van der Waals surface area contributed by atoms with Crippen LogP contribution in [0.1, 0.15) is 104 Å². The maximum atomic E-state index is 11.0. The minimum absolute atomic E-state index is 0.100. The minimum Gasteiger partial charge on any atom is -0.469 e. The molecule has 0 bridgehead atoms. The molecule has 0 aliphatic carbocycles. The predicted molar refractivity (Wildman–Crippen MR) is 93.0 cm³/mol. The van der Waals surface area contributed by atoms with Crippen molar-refractivity contribution < 1.29 is 14.6 Å². The average molecular weight is 315 g/mol. The lowest BCUT2D eigenvalue weighted by atomic mass is 9.86. The third kappa shape index (κ3) is 12.0. The molecule has 0 aromatic rings. The summed E-state index contributed by atoms with van der Waals surface area (Å²) in [6, 6.07) is 0. The molecule has 3 heteroatoms. The number of hydrogen-bond donors (Lipinski definition) is 1. The second kappa shape index (κ2) is 14.0. The standard InChI is InChI=1S/C19H38O3/c1-4-6-15-19(21,16-7-5-2)17-13-11-9-8-10-12-14-18(20)22-3/h21H,4-17H2,1-3H3. The van der Waals surface area contributed by atoms with E-state index in [1.54, 1.807) is 0 Å². The Morgan fingerprint density at radius 2 is 1.27 bits per heavy atom. The summed E-state index contributed by atoms with van der Waals surface area (Å²) in [5.41, 5.74) is -0.420. The van der Waals surface area contributed by atoms with Crippen LogP contribution in [0.4, 0.5) is 0 Å². The second-order valence-electron chi connectivity index (χ2n) is 6.63. The van der Waals surface area contributed by atoms with Crippen LogP contribution in [0.25, 0.3) is 0 Å². The van der Waals surface area contributed by atoms with Gasteiger partial charge in [-0.2, -0.15) is 0 Å². The topological polar surface area (TPSA) is 46.5 Å². The Bertz CT molecular complexity index is 255. The first-order chi connectivity index (χ1) is 10.6. The van der Waals surface area contributed by atoms with Gasteiger partial charge in [0.2, 0.25) is 0 Å². The summed E-state index contributed by atoms with van der Waals surface area (Å²) in [7, 11) is 1.45. The van der Waals surface area contributed by atoms with Gasteiger partial charge < -0.3 is 9.84 Å². The van der Waals surface area contributed by atoms with Crippen LogP contribution in [-0.4, -0.2) is 23.8 Å². The number of esters is 1. The number of aliphatic hydroxyl groups is 1. The van der Waals surface area contributed by atoms with Crippen molar-refractivity contribution in [3.8, 4) is 0 Å². The van der Waals surface area contributed by atoms with Gasteiger partial charge in [-0.1, -0.05) is 71.6 Å². The molecule has 0 saturated carbocycles. The Balaban J connectivity index is 3.68.